The summed E-state index contributed by atoms with van der Waals surface area (Å²) in [6.45, 7) is 3.59. The third-order valence-corrected chi connectivity index (χ3v) is 4.31. The zero-order valence-corrected chi connectivity index (χ0v) is 13.9. The van der Waals surface area contributed by atoms with Crippen LogP contribution in [0.2, 0.25) is 0 Å². The van der Waals surface area contributed by atoms with E-state index in [1.54, 1.807) is 0 Å². The number of aliphatic hydroxyl groups is 1. The Bertz CT molecular complexity index is 695. The molecular formula is C19H23N3O2. The summed E-state index contributed by atoms with van der Waals surface area (Å²) in [5, 5.41) is 12.5. The number of amides is 1. The summed E-state index contributed by atoms with van der Waals surface area (Å²) in [6.07, 6.45) is 1.63. The smallest absolute Gasteiger partial charge is 0.229 e. The predicted molar refractivity (Wildman–Crippen MR) is 95.2 cm³/mol. The maximum Gasteiger partial charge on any atom is 0.229 e. The second-order valence-electron chi connectivity index (χ2n) is 6.27. The fourth-order valence-electron chi connectivity index (χ4n) is 2.95. The van der Waals surface area contributed by atoms with Gasteiger partial charge in [0.2, 0.25) is 5.91 Å². The van der Waals surface area contributed by atoms with E-state index in [0.29, 0.717) is 12.2 Å². The number of aromatic nitrogens is 1. The molecule has 0 spiro atoms. The van der Waals surface area contributed by atoms with Crippen molar-refractivity contribution in [3.8, 4) is 0 Å². The van der Waals surface area contributed by atoms with Crippen molar-refractivity contribution in [2.24, 2.45) is 0 Å². The van der Waals surface area contributed by atoms with E-state index in [1.165, 1.54) is 0 Å². The quantitative estimate of drug-likeness (QED) is 0.906. The van der Waals surface area contributed by atoms with Gasteiger partial charge in [0.25, 0.3) is 0 Å². The van der Waals surface area contributed by atoms with Gasteiger partial charge in [-0.15, -0.1) is 0 Å². The fraction of sp³-hybridized carbons (Fsp3) is 0.368. The largest absolute Gasteiger partial charge is 0.393 e. The van der Waals surface area contributed by atoms with E-state index in [2.05, 4.69) is 15.2 Å². The van der Waals surface area contributed by atoms with Crippen molar-refractivity contribution in [3.63, 3.8) is 0 Å². The molecule has 1 amide bonds. The third-order valence-electron chi connectivity index (χ3n) is 4.31. The number of aliphatic hydroxyl groups excluding tert-OH is 1. The van der Waals surface area contributed by atoms with Gasteiger partial charge in [0.15, 0.2) is 0 Å². The van der Waals surface area contributed by atoms with Crippen LogP contribution < -0.4 is 10.2 Å². The summed E-state index contributed by atoms with van der Waals surface area (Å²) >= 11 is 0. The zero-order chi connectivity index (χ0) is 16.9. The van der Waals surface area contributed by atoms with Gasteiger partial charge in [-0.1, -0.05) is 36.4 Å². The standard InChI is InChI=1S/C19H23N3O2/c1-14-7-8-17(20-18(24)13-15-5-3-2-4-6-15)21-19(14)22-11-9-16(23)10-12-22/h2-8,16,23H,9-13H2,1H3,(H,20,21,24). The van der Waals surface area contributed by atoms with E-state index in [0.717, 1.165) is 42.9 Å². The molecule has 5 heteroatoms. The summed E-state index contributed by atoms with van der Waals surface area (Å²) in [7, 11) is 0. The van der Waals surface area contributed by atoms with Crippen molar-refractivity contribution in [1.82, 2.24) is 4.98 Å². The highest BCUT2D eigenvalue weighted by atomic mass is 16.3. The monoisotopic (exact) mass is 325 g/mol. The molecule has 0 unspecified atom stereocenters. The molecule has 5 nitrogen and oxygen atoms in total. The SMILES string of the molecule is Cc1ccc(NC(=O)Cc2ccccc2)nc1N1CCC(O)CC1. The maximum absolute atomic E-state index is 12.2. The molecule has 0 atom stereocenters. The van der Waals surface area contributed by atoms with Crippen LogP contribution in [0.15, 0.2) is 42.5 Å². The molecule has 0 bridgehead atoms. The normalized spacial score (nSPS) is 15.3. The van der Waals surface area contributed by atoms with Crippen LogP contribution in [0, 0.1) is 6.92 Å². The van der Waals surface area contributed by atoms with Gasteiger partial charge in [-0.2, -0.15) is 0 Å². The Balaban J connectivity index is 1.68. The molecule has 1 aliphatic heterocycles. The molecule has 1 saturated heterocycles. The summed E-state index contributed by atoms with van der Waals surface area (Å²) < 4.78 is 0. The first-order valence-electron chi connectivity index (χ1n) is 8.36. The van der Waals surface area contributed by atoms with Crippen molar-refractivity contribution >= 4 is 17.5 Å². The summed E-state index contributed by atoms with van der Waals surface area (Å²) in [6, 6.07) is 13.5. The number of nitrogens with zero attached hydrogens (tertiary/aromatic N) is 2. The van der Waals surface area contributed by atoms with E-state index >= 15 is 0 Å². The third kappa shape index (κ3) is 4.11. The highest BCUT2D eigenvalue weighted by molar-refractivity contribution is 5.91. The minimum atomic E-state index is -0.213. The molecule has 3 rings (SSSR count). The van der Waals surface area contributed by atoms with Crippen molar-refractivity contribution in [2.75, 3.05) is 23.3 Å². The van der Waals surface area contributed by atoms with Crippen LogP contribution in [-0.2, 0) is 11.2 Å². The van der Waals surface area contributed by atoms with Crippen LogP contribution in [0.5, 0.6) is 0 Å². The molecule has 0 radical (unpaired) electrons. The molecule has 126 valence electrons. The van der Waals surface area contributed by atoms with Crippen molar-refractivity contribution in [2.45, 2.75) is 32.3 Å². The number of carbonyl (C=O) groups is 1. The second kappa shape index (κ2) is 7.45. The van der Waals surface area contributed by atoms with E-state index in [1.807, 2.05) is 49.4 Å². The van der Waals surface area contributed by atoms with Gasteiger partial charge in [-0.05, 0) is 37.0 Å². The number of carbonyl (C=O) groups excluding carboxylic acids is 1. The van der Waals surface area contributed by atoms with Crippen LogP contribution in [0.4, 0.5) is 11.6 Å². The number of pyridine rings is 1. The van der Waals surface area contributed by atoms with Crippen LogP contribution in [0.1, 0.15) is 24.0 Å². The van der Waals surface area contributed by atoms with Crippen molar-refractivity contribution in [3.05, 3.63) is 53.6 Å². The Labute approximate surface area is 142 Å². The van der Waals surface area contributed by atoms with E-state index in [4.69, 9.17) is 0 Å². The predicted octanol–water partition coefficient (Wildman–Crippen LogP) is 2.53. The summed E-state index contributed by atoms with van der Waals surface area (Å²) in [5.41, 5.74) is 2.06. The Kier molecular flexibility index (Phi) is 5.11. The van der Waals surface area contributed by atoms with E-state index in [-0.39, 0.29) is 12.0 Å². The number of rotatable bonds is 4. The van der Waals surface area contributed by atoms with Gasteiger partial charge in [-0.3, -0.25) is 4.79 Å². The molecule has 1 aliphatic rings. The number of aryl methyl sites for hydroxylation is 1. The molecule has 2 aromatic rings. The first-order chi connectivity index (χ1) is 11.6. The minimum Gasteiger partial charge on any atom is -0.393 e. The topological polar surface area (TPSA) is 65.5 Å². The van der Waals surface area contributed by atoms with Gasteiger partial charge in [0.1, 0.15) is 11.6 Å². The fourth-order valence-corrected chi connectivity index (χ4v) is 2.95. The lowest BCUT2D eigenvalue weighted by Crippen LogP contribution is -2.36. The van der Waals surface area contributed by atoms with Crippen LogP contribution >= 0.6 is 0 Å². The number of benzene rings is 1. The van der Waals surface area contributed by atoms with E-state index < -0.39 is 0 Å². The van der Waals surface area contributed by atoms with Crippen molar-refractivity contribution < 1.29 is 9.90 Å². The van der Waals surface area contributed by atoms with Gasteiger partial charge >= 0.3 is 0 Å². The molecular weight excluding hydrogens is 302 g/mol. The molecule has 2 heterocycles. The second-order valence-corrected chi connectivity index (χ2v) is 6.27. The molecule has 1 aromatic carbocycles. The zero-order valence-electron chi connectivity index (χ0n) is 13.9. The molecule has 0 aliphatic carbocycles. The Morgan fingerprint density at radius 3 is 2.62 bits per heavy atom. The van der Waals surface area contributed by atoms with E-state index in [9.17, 15) is 9.90 Å². The lowest BCUT2D eigenvalue weighted by Gasteiger charge is -2.31. The highest BCUT2D eigenvalue weighted by Gasteiger charge is 2.20. The molecule has 1 fully saturated rings. The average Bonchev–Trinajstić information content (AvgIpc) is 2.58. The first-order valence-corrected chi connectivity index (χ1v) is 8.36. The number of nitrogens with one attached hydrogen (secondary N) is 1. The van der Waals surface area contributed by atoms with Crippen LogP contribution in [0.25, 0.3) is 0 Å². The Hall–Kier alpha value is -2.40. The van der Waals surface area contributed by atoms with Gasteiger partial charge < -0.3 is 15.3 Å². The summed E-state index contributed by atoms with van der Waals surface area (Å²) in [5.74, 6) is 1.39. The minimum absolute atomic E-state index is 0.0717. The highest BCUT2D eigenvalue weighted by Crippen LogP contribution is 2.23. The molecule has 24 heavy (non-hydrogen) atoms. The maximum atomic E-state index is 12.2. The summed E-state index contributed by atoms with van der Waals surface area (Å²) in [4.78, 5) is 19.0. The molecule has 0 saturated carbocycles. The van der Waals surface area contributed by atoms with Gasteiger partial charge in [0, 0.05) is 13.1 Å². The van der Waals surface area contributed by atoms with Crippen LogP contribution in [0.3, 0.4) is 0 Å². The number of hydrogen-bond donors (Lipinski definition) is 2. The van der Waals surface area contributed by atoms with Crippen molar-refractivity contribution in [1.29, 1.82) is 0 Å². The number of piperidine rings is 1. The molecule has 2 N–H and O–H groups in total. The average molecular weight is 325 g/mol. The Morgan fingerprint density at radius 2 is 1.92 bits per heavy atom. The lowest BCUT2D eigenvalue weighted by molar-refractivity contribution is -0.115. The van der Waals surface area contributed by atoms with Gasteiger partial charge in [0.05, 0.1) is 12.5 Å². The lowest BCUT2D eigenvalue weighted by atomic mass is 10.1. The van der Waals surface area contributed by atoms with Crippen LogP contribution in [-0.4, -0.2) is 35.2 Å². The Morgan fingerprint density at radius 1 is 1.21 bits per heavy atom. The number of anilines is 2. The van der Waals surface area contributed by atoms with Gasteiger partial charge in [-0.25, -0.2) is 4.98 Å². The molecule has 1 aromatic heterocycles. The number of hydrogen-bond acceptors (Lipinski definition) is 4. The first kappa shape index (κ1) is 16.5.